The van der Waals surface area contributed by atoms with Crippen LogP contribution in [0.1, 0.15) is 6.42 Å². The molecule has 0 aliphatic carbocycles. The second-order valence-corrected chi connectivity index (χ2v) is 5.43. The smallest absolute Gasteiger partial charge is 0.390 e. The minimum atomic E-state index is -3.82. The average Bonchev–Trinajstić information content (AvgIpc) is 1.55. The summed E-state index contributed by atoms with van der Waals surface area (Å²) in [6, 6.07) is 0.0614. The van der Waals surface area contributed by atoms with E-state index in [0.717, 1.165) is 0 Å². The number of hydrogen-bond donors (Lipinski definition) is 4. The van der Waals surface area contributed by atoms with Crippen LogP contribution in [-0.4, -0.2) is 48.4 Å². The van der Waals surface area contributed by atoms with Gasteiger partial charge in [-0.05, 0) is 0 Å². The molecule has 0 spiro atoms. The Morgan fingerprint density at radius 3 is 2.00 bits per heavy atom. The highest BCUT2D eigenvalue weighted by Gasteiger charge is 2.27. The summed E-state index contributed by atoms with van der Waals surface area (Å²) in [6.07, 6.45) is 0.527. The first kappa shape index (κ1) is 11.0. The Morgan fingerprint density at radius 1 is 1.27 bits per heavy atom. The molecule has 0 heterocycles. The molecule has 0 amide bonds. The number of rotatable bonds is 4. The summed E-state index contributed by atoms with van der Waals surface area (Å²) in [6.45, 7) is 0.621. The third-order valence-corrected chi connectivity index (χ3v) is 2.27. The van der Waals surface area contributed by atoms with Crippen LogP contribution in [0.25, 0.3) is 0 Å². The summed E-state index contributed by atoms with van der Waals surface area (Å²) in [5.41, 5.74) is 0. The Hall–Kier alpha value is 0.0169. The van der Waals surface area contributed by atoms with Crippen LogP contribution < -0.4 is 5.84 Å². The maximum absolute atomic E-state index is 8.62. The molecular weight excluding hydrogens is 164 g/mol. The second-order valence-electron chi connectivity index (χ2n) is 3.38. The average molecular weight is 181 g/mol. The van der Waals surface area contributed by atoms with Crippen LogP contribution in [0.15, 0.2) is 0 Å². The van der Waals surface area contributed by atoms with E-state index >= 15 is 0 Å². The Morgan fingerprint density at radius 2 is 1.73 bits per heavy atom. The van der Waals surface area contributed by atoms with Crippen LogP contribution in [0.4, 0.5) is 0 Å². The Balaban J connectivity index is 3.44. The van der Waals surface area contributed by atoms with Crippen molar-refractivity contribution in [2.75, 3.05) is 20.6 Å². The summed E-state index contributed by atoms with van der Waals surface area (Å²) in [5.74, 6) is 5.57. The van der Waals surface area contributed by atoms with Crippen molar-refractivity contribution in [3.05, 3.63) is 0 Å². The Kier molecular flexibility index (Phi) is 3.62. The molecule has 0 bridgehead atoms. The predicted octanol–water partition coefficient (Wildman–Crippen LogP) is -1.76. The molecule has 0 saturated heterocycles. The maximum atomic E-state index is 8.62. The molecule has 0 rings (SSSR count). The molecule has 0 radical (unpaired) electrons. The highest BCUT2D eigenvalue weighted by atomic mass is 28.4. The first-order chi connectivity index (χ1) is 4.71. The van der Waals surface area contributed by atoms with Crippen LogP contribution in [0.3, 0.4) is 0 Å². The molecule has 5 N–H and O–H groups in total. The Bertz CT molecular complexity index is 104. The summed E-state index contributed by atoms with van der Waals surface area (Å²) in [7, 11) is -0.221. The van der Waals surface area contributed by atoms with Crippen molar-refractivity contribution in [1.29, 1.82) is 0 Å². The molecule has 0 unspecified atom stereocenters. The summed E-state index contributed by atoms with van der Waals surface area (Å²) in [5, 5.41) is 0. The molecule has 5 nitrogen and oxygen atoms in total. The fourth-order valence-corrected chi connectivity index (χ4v) is 1.36. The molecule has 0 aromatic carbocycles. The molecule has 0 atom stereocenters. The second kappa shape index (κ2) is 3.61. The summed E-state index contributed by atoms with van der Waals surface area (Å²) in [4.78, 5) is 25.9. The zero-order valence-electron chi connectivity index (χ0n) is 6.99. The molecule has 11 heavy (non-hydrogen) atoms. The lowest BCUT2D eigenvalue weighted by atomic mass is 10.4. The van der Waals surface area contributed by atoms with Crippen molar-refractivity contribution in [3.63, 3.8) is 0 Å². The van der Waals surface area contributed by atoms with Gasteiger partial charge in [-0.25, -0.2) is 0 Å². The lowest BCUT2D eigenvalue weighted by Gasteiger charge is -2.22. The van der Waals surface area contributed by atoms with Gasteiger partial charge in [-0.2, -0.15) is 5.84 Å². The number of hydrogen-bond acceptors (Lipinski definition) is 4. The largest absolute Gasteiger partial charge is 0.492 e. The van der Waals surface area contributed by atoms with Gasteiger partial charge in [0.2, 0.25) is 0 Å². The van der Waals surface area contributed by atoms with Gasteiger partial charge in [0.25, 0.3) is 0 Å². The predicted molar refractivity (Wildman–Crippen MR) is 43.0 cm³/mol. The van der Waals surface area contributed by atoms with E-state index in [4.69, 9.17) is 20.2 Å². The standard InChI is InChI=1S/C5H17N2O3Si/c1-7(2,6)4-3-5-11(8,9)10/h8-10H,3-6H2,1-2H3/q+1. The third-order valence-electron chi connectivity index (χ3n) is 1.25. The van der Waals surface area contributed by atoms with Gasteiger partial charge < -0.3 is 14.4 Å². The molecule has 0 aromatic rings. The maximum Gasteiger partial charge on any atom is 0.492 e. The summed E-state index contributed by atoms with van der Waals surface area (Å²) < 4.78 is 0.282. The number of quaternary nitrogens is 1. The lowest BCUT2D eigenvalue weighted by molar-refractivity contribution is -0.902. The van der Waals surface area contributed by atoms with Gasteiger partial charge >= 0.3 is 8.80 Å². The van der Waals surface area contributed by atoms with Crippen molar-refractivity contribution in [2.45, 2.75) is 12.5 Å². The molecular formula is C5H17N2O3Si+. The van der Waals surface area contributed by atoms with E-state index in [2.05, 4.69) is 0 Å². The zero-order chi connectivity index (χ0) is 9.12. The fourth-order valence-electron chi connectivity index (χ4n) is 0.724. The van der Waals surface area contributed by atoms with Gasteiger partial charge in [0.05, 0.1) is 20.6 Å². The van der Waals surface area contributed by atoms with Crippen molar-refractivity contribution in [2.24, 2.45) is 5.84 Å². The van der Waals surface area contributed by atoms with Crippen molar-refractivity contribution < 1.29 is 19.0 Å². The van der Waals surface area contributed by atoms with Gasteiger partial charge in [0.1, 0.15) is 0 Å². The first-order valence-electron chi connectivity index (χ1n) is 3.49. The van der Waals surface area contributed by atoms with E-state index in [0.29, 0.717) is 13.0 Å². The minimum Gasteiger partial charge on any atom is -0.390 e. The van der Waals surface area contributed by atoms with Crippen LogP contribution in [0.5, 0.6) is 0 Å². The van der Waals surface area contributed by atoms with E-state index in [9.17, 15) is 0 Å². The molecule has 6 heteroatoms. The van der Waals surface area contributed by atoms with E-state index < -0.39 is 8.80 Å². The van der Waals surface area contributed by atoms with E-state index in [1.807, 2.05) is 0 Å². The van der Waals surface area contributed by atoms with Gasteiger partial charge in [0, 0.05) is 12.5 Å². The van der Waals surface area contributed by atoms with E-state index in [-0.39, 0.29) is 10.6 Å². The molecule has 0 fully saturated rings. The zero-order valence-corrected chi connectivity index (χ0v) is 7.99. The van der Waals surface area contributed by atoms with E-state index in [1.165, 1.54) is 0 Å². The molecule has 0 saturated carbocycles. The van der Waals surface area contributed by atoms with Crippen LogP contribution in [0.2, 0.25) is 6.04 Å². The van der Waals surface area contributed by atoms with E-state index in [1.54, 1.807) is 14.1 Å². The Labute approximate surface area is 67.6 Å². The van der Waals surface area contributed by atoms with Crippen molar-refractivity contribution in [3.8, 4) is 0 Å². The monoisotopic (exact) mass is 181 g/mol. The van der Waals surface area contributed by atoms with Gasteiger partial charge in [0.15, 0.2) is 0 Å². The highest BCUT2D eigenvalue weighted by molar-refractivity contribution is 6.56. The van der Waals surface area contributed by atoms with Crippen LogP contribution in [0, 0.1) is 0 Å². The van der Waals surface area contributed by atoms with Gasteiger partial charge in [-0.15, -0.1) is 0 Å². The first-order valence-corrected chi connectivity index (χ1v) is 5.54. The topological polar surface area (TPSA) is 86.7 Å². The van der Waals surface area contributed by atoms with Gasteiger partial charge in [-0.3, -0.25) is 4.59 Å². The van der Waals surface area contributed by atoms with Crippen LogP contribution in [-0.2, 0) is 0 Å². The van der Waals surface area contributed by atoms with Crippen LogP contribution >= 0.6 is 0 Å². The quantitative estimate of drug-likeness (QED) is 0.179. The molecule has 0 aliphatic rings. The SMILES string of the molecule is C[N+](C)(N)CCC[Si](O)(O)O. The van der Waals surface area contributed by atoms with Gasteiger partial charge in [-0.1, -0.05) is 0 Å². The molecule has 68 valence electrons. The molecule has 0 aromatic heterocycles. The van der Waals surface area contributed by atoms with Crippen molar-refractivity contribution in [1.82, 2.24) is 0 Å². The fraction of sp³-hybridized carbons (Fsp3) is 1.00. The minimum absolute atomic E-state index is 0.0614. The number of nitrogens with two attached hydrogens (primary N) is 1. The molecule has 0 aliphatic heterocycles. The number of nitrogens with zero attached hydrogens (tertiary/aromatic N) is 1. The highest BCUT2D eigenvalue weighted by Crippen LogP contribution is 2.02. The third kappa shape index (κ3) is 10.0. The lowest BCUT2D eigenvalue weighted by Crippen LogP contribution is -2.48. The summed E-state index contributed by atoms with van der Waals surface area (Å²) >= 11 is 0. The van der Waals surface area contributed by atoms with Crippen molar-refractivity contribution >= 4 is 8.80 Å². The normalized spacial score (nSPS) is 13.6.